The minimum atomic E-state index is -4.61. The van der Waals surface area contributed by atoms with E-state index in [1.165, 1.54) is 31.5 Å². The van der Waals surface area contributed by atoms with Crippen LogP contribution in [0.4, 0.5) is 13.2 Å². The number of fused-ring (bicyclic) bond motifs is 1. The number of alkyl halides is 3. The number of aromatic nitrogens is 5. The highest BCUT2D eigenvalue weighted by Gasteiger charge is 2.33. The second-order valence-electron chi connectivity index (χ2n) is 8.29. The van der Waals surface area contributed by atoms with Gasteiger partial charge in [0, 0.05) is 23.5 Å². The maximum Gasteiger partial charge on any atom is 0.416 e. The molecule has 0 aliphatic heterocycles. The number of halogens is 3. The summed E-state index contributed by atoms with van der Waals surface area (Å²) >= 11 is 0. The molecule has 3 heterocycles. The van der Waals surface area contributed by atoms with Crippen LogP contribution in [0, 0.1) is 13.8 Å². The van der Waals surface area contributed by atoms with Crippen molar-refractivity contribution in [3.63, 3.8) is 0 Å². The highest BCUT2D eigenvalue weighted by Crippen LogP contribution is 2.34. The highest BCUT2D eigenvalue weighted by atomic mass is 32.2. The zero-order chi connectivity index (χ0) is 26.5. The minimum Gasteiger partial charge on any atom is -0.361 e. The van der Waals surface area contributed by atoms with E-state index in [1.807, 2.05) is 6.07 Å². The summed E-state index contributed by atoms with van der Waals surface area (Å²) in [5.74, 6) is -0.220. The van der Waals surface area contributed by atoms with Crippen molar-refractivity contribution in [1.29, 1.82) is 0 Å². The molecule has 0 N–H and O–H groups in total. The molecule has 5 aromatic rings. The van der Waals surface area contributed by atoms with E-state index in [0.29, 0.717) is 22.6 Å². The SMILES string of the molecule is Cc1onc(-c2ccccc2)c1CS(=O)(=O)c1nnc2c(=O)n(-c3cccc(C(F)(F)F)c3C)ccn12. The van der Waals surface area contributed by atoms with Gasteiger partial charge in [-0.1, -0.05) is 41.6 Å². The van der Waals surface area contributed by atoms with Gasteiger partial charge in [-0.2, -0.15) is 13.2 Å². The van der Waals surface area contributed by atoms with Crippen LogP contribution in [-0.2, 0) is 21.8 Å². The summed E-state index contributed by atoms with van der Waals surface area (Å²) in [7, 11) is -4.16. The van der Waals surface area contributed by atoms with Gasteiger partial charge in [0.25, 0.3) is 5.16 Å². The zero-order valence-electron chi connectivity index (χ0n) is 19.4. The van der Waals surface area contributed by atoms with Gasteiger partial charge in [-0.3, -0.25) is 13.8 Å². The van der Waals surface area contributed by atoms with Crippen LogP contribution in [-0.4, -0.2) is 32.7 Å². The fourth-order valence-electron chi connectivity index (χ4n) is 4.10. The van der Waals surface area contributed by atoms with Crippen LogP contribution in [0.1, 0.15) is 22.5 Å². The third-order valence-electron chi connectivity index (χ3n) is 5.95. The molecule has 9 nitrogen and oxygen atoms in total. The lowest BCUT2D eigenvalue weighted by Crippen LogP contribution is -2.22. The summed E-state index contributed by atoms with van der Waals surface area (Å²) in [4.78, 5) is 13.1. The zero-order valence-corrected chi connectivity index (χ0v) is 20.2. The number of hydrogen-bond donors (Lipinski definition) is 0. The minimum absolute atomic E-state index is 0.0117. The van der Waals surface area contributed by atoms with E-state index < -0.39 is 38.0 Å². The lowest BCUT2D eigenvalue weighted by atomic mass is 10.1. The van der Waals surface area contributed by atoms with Crippen molar-refractivity contribution in [2.75, 3.05) is 0 Å². The van der Waals surface area contributed by atoms with Crippen molar-refractivity contribution < 1.29 is 26.1 Å². The van der Waals surface area contributed by atoms with Gasteiger partial charge in [-0.25, -0.2) is 8.42 Å². The second-order valence-corrected chi connectivity index (χ2v) is 10.2. The first kappa shape index (κ1) is 24.4. The van der Waals surface area contributed by atoms with E-state index in [9.17, 15) is 26.4 Å². The molecule has 0 saturated carbocycles. The van der Waals surface area contributed by atoms with Crippen molar-refractivity contribution >= 4 is 15.5 Å². The molecule has 0 radical (unpaired) electrons. The lowest BCUT2D eigenvalue weighted by Gasteiger charge is -2.15. The smallest absolute Gasteiger partial charge is 0.361 e. The van der Waals surface area contributed by atoms with E-state index in [4.69, 9.17) is 4.52 Å². The molecule has 37 heavy (non-hydrogen) atoms. The first-order chi connectivity index (χ1) is 17.5. The van der Waals surface area contributed by atoms with E-state index in [1.54, 1.807) is 31.2 Å². The van der Waals surface area contributed by atoms with Crippen LogP contribution in [0.5, 0.6) is 0 Å². The predicted molar refractivity (Wildman–Crippen MR) is 126 cm³/mol. The Labute approximate surface area is 207 Å². The monoisotopic (exact) mass is 529 g/mol. The molecule has 0 spiro atoms. The van der Waals surface area contributed by atoms with Crippen molar-refractivity contribution in [3.05, 3.63) is 93.7 Å². The molecule has 0 atom stereocenters. The predicted octanol–water partition coefficient (Wildman–Crippen LogP) is 4.14. The summed E-state index contributed by atoms with van der Waals surface area (Å²) in [5.41, 5.74) is -0.899. The van der Waals surface area contributed by atoms with Crippen molar-refractivity contribution in [2.45, 2.75) is 30.9 Å². The summed E-state index contributed by atoms with van der Waals surface area (Å²) < 4.78 is 74.0. The topological polar surface area (TPSA) is 112 Å². The molecular weight excluding hydrogens is 511 g/mol. The standard InChI is InChI=1S/C24H18F3N5O4S/c1-14-18(24(25,26)27)9-6-10-19(14)31-11-12-32-21(22(31)33)28-29-23(32)37(34,35)13-17-15(2)36-30-20(17)16-7-4-3-5-8-16/h3-12H,13H2,1-2H3. The van der Waals surface area contributed by atoms with Gasteiger partial charge in [0.2, 0.25) is 15.5 Å². The van der Waals surface area contributed by atoms with Crippen LogP contribution in [0.15, 0.2) is 75.4 Å². The van der Waals surface area contributed by atoms with Crippen LogP contribution < -0.4 is 5.56 Å². The third kappa shape index (κ3) is 4.20. The molecule has 0 saturated heterocycles. The summed E-state index contributed by atoms with van der Waals surface area (Å²) in [6, 6.07) is 12.4. The first-order valence-electron chi connectivity index (χ1n) is 10.9. The van der Waals surface area contributed by atoms with Crippen molar-refractivity contribution in [1.82, 2.24) is 24.3 Å². The molecule has 0 aliphatic carbocycles. The van der Waals surface area contributed by atoms with E-state index in [2.05, 4.69) is 15.4 Å². The Bertz CT molecular complexity index is 1810. The van der Waals surface area contributed by atoms with Crippen LogP contribution in [0.3, 0.4) is 0 Å². The molecule has 0 unspecified atom stereocenters. The number of hydrogen-bond acceptors (Lipinski definition) is 7. The molecule has 0 aliphatic rings. The molecule has 3 aromatic heterocycles. The molecule has 0 amide bonds. The first-order valence-corrected chi connectivity index (χ1v) is 12.5. The van der Waals surface area contributed by atoms with Crippen LogP contribution in [0.2, 0.25) is 0 Å². The highest BCUT2D eigenvalue weighted by molar-refractivity contribution is 7.90. The summed E-state index contributed by atoms with van der Waals surface area (Å²) in [5, 5.41) is 11.0. The Kier molecular flexibility index (Phi) is 5.74. The Morgan fingerprint density at radius 2 is 1.70 bits per heavy atom. The lowest BCUT2D eigenvalue weighted by molar-refractivity contribution is -0.138. The Morgan fingerprint density at radius 1 is 0.973 bits per heavy atom. The Morgan fingerprint density at radius 3 is 2.41 bits per heavy atom. The fourth-order valence-corrected chi connectivity index (χ4v) is 5.56. The van der Waals surface area contributed by atoms with Gasteiger partial charge in [0.05, 0.1) is 17.0 Å². The number of nitrogens with zero attached hydrogens (tertiary/aromatic N) is 5. The molecule has 190 valence electrons. The van der Waals surface area contributed by atoms with Gasteiger partial charge < -0.3 is 4.52 Å². The molecule has 2 aromatic carbocycles. The largest absolute Gasteiger partial charge is 0.416 e. The third-order valence-corrected chi connectivity index (χ3v) is 7.46. The Hall–Kier alpha value is -4.26. The molecule has 13 heteroatoms. The van der Waals surface area contributed by atoms with Crippen LogP contribution in [0.25, 0.3) is 22.6 Å². The molecule has 5 rings (SSSR count). The summed E-state index contributed by atoms with van der Waals surface area (Å²) in [6.07, 6.45) is -2.20. The van der Waals surface area contributed by atoms with Gasteiger partial charge in [-0.05, 0) is 31.5 Å². The maximum atomic E-state index is 13.4. The van der Waals surface area contributed by atoms with Gasteiger partial charge in [0.15, 0.2) is 0 Å². The summed E-state index contributed by atoms with van der Waals surface area (Å²) in [6.45, 7) is 2.84. The second kappa shape index (κ2) is 8.69. The van der Waals surface area contributed by atoms with Crippen molar-refractivity contribution in [2.24, 2.45) is 0 Å². The quantitative estimate of drug-likeness (QED) is 0.336. The van der Waals surface area contributed by atoms with Crippen molar-refractivity contribution in [3.8, 4) is 16.9 Å². The fraction of sp³-hybridized carbons (Fsp3) is 0.167. The van der Waals surface area contributed by atoms with E-state index >= 15 is 0 Å². The van der Waals surface area contributed by atoms with E-state index in [-0.39, 0.29) is 16.9 Å². The van der Waals surface area contributed by atoms with Gasteiger partial charge in [0.1, 0.15) is 11.5 Å². The average Bonchev–Trinajstić information content (AvgIpc) is 3.44. The van der Waals surface area contributed by atoms with E-state index in [0.717, 1.165) is 15.0 Å². The number of rotatable bonds is 5. The molecule has 0 fully saturated rings. The van der Waals surface area contributed by atoms with Gasteiger partial charge >= 0.3 is 11.7 Å². The average molecular weight is 530 g/mol. The Balaban J connectivity index is 1.58. The van der Waals surface area contributed by atoms with Gasteiger partial charge in [-0.15, -0.1) is 10.2 Å². The molecule has 0 bridgehead atoms. The van der Waals surface area contributed by atoms with Crippen LogP contribution >= 0.6 is 0 Å². The number of benzene rings is 2. The normalized spacial score (nSPS) is 12.4. The number of aryl methyl sites for hydroxylation is 1. The maximum absolute atomic E-state index is 13.4. The number of sulfone groups is 1. The molecular formula is C24H18F3N5O4S.